The predicted molar refractivity (Wildman–Crippen MR) is 108 cm³/mol. The van der Waals surface area contributed by atoms with Gasteiger partial charge >= 0.3 is 6.09 Å². The number of aldehydes is 1. The Labute approximate surface area is 166 Å². The van der Waals surface area contributed by atoms with Crippen LogP contribution in [0, 0.1) is 6.92 Å². The van der Waals surface area contributed by atoms with Crippen molar-refractivity contribution in [2.75, 3.05) is 4.90 Å². The van der Waals surface area contributed by atoms with E-state index >= 15 is 0 Å². The summed E-state index contributed by atoms with van der Waals surface area (Å²) in [6.07, 6.45) is 3.59. The molecule has 146 valence electrons. The molecular formula is C20H22N4O3S. The number of amides is 1. The zero-order chi connectivity index (χ0) is 20.1. The van der Waals surface area contributed by atoms with Crippen LogP contribution in [0.15, 0.2) is 24.4 Å². The molecule has 1 aliphatic carbocycles. The van der Waals surface area contributed by atoms with Crippen LogP contribution in [0.4, 0.5) is 10.6 Å². The van der Waals surface area contributed by atoms with Gasteiger partial charge in [0, 0.05) is 17.0 Å². The second-order valence-electron chi connectivity index (χ2n) is 7.94. The minimum Gasteiger partial charge on any atom is -0.443 e. The van der Waals surface area contributed by atoms with E-state index in [2.05, 4.69) is 10.1 Å². The molecule has 0 bridgehead atoms. The Bertz CT molecular complexity index is 1060. The lowest BCUT2D eigenvalue weighted by molar-refractivity contribution is 0.0576. The van der Waals surface area contributed by atoms with Crippen molar-refractivity contribution in [3.05, 3.63) is 34.8 Å². The quantitative estimate of drug-likeness (QED) is 0.606. The van der Waals surface area contributed by atoms with Crippen molar-refractivity contribution < 1.29 is 14.3 Å². The van der Waals surface area contributed by atoms with Crippen LogP contribution in [0.5, 0.6) is 0 Å². The van der Waals surface area contributed by atoms with Crippen molar-refractivity contribution in [2.24, 2.45) is 0 Å². The molecule has 1 aliphatic rings. The molecule has 0 aliphatic heterocycles. The van der Waals surface area contributed by atoms with Gasteiger partial charge in [-0.05, 0) is 52.7 Å². The van der Waals surface area contributed by atoms with Gasteiger partial charge in [0.05, 0.1) is 22.3 Å². The van der Waals surface area contributed by atoms with E-state index < -0.39 is 11.7 Å². The molecule has 0 atom stereocenters. The van der Waals surface area contributed by atoms with Gasteiger partial charge in [-0.3, -0.25) is 9.69 Å². The van der Waals surface area contributed by atoms with E-state index in [0.29, 0.717) is 22.7 Å². The fourth-order valence-electron chi connectivity index (χ4n) is 2.99. The summed E-state index contributed by atoms with van der Waals surface area (Å²) in [6.45, 7) is 7.56. The summed E-state index contributed by atoms with van der Waals surface area (Å²) in [5.74, 6) is 0.566. The Hall–Kier alpha value is -2.74. The smallest absolute Gasteiger partial charge is 0.416 e. The van der Waals surface area contributed by atoms with Gasteiger partial charge in [0.1, 0.15) is 11.4 Å². The molecule has 4 rings (SSSR count). The van der Waals surface area contributed by atoms with E-state index in [1.807, 2.05) is 45.9 Å². The summed E-state index contributed by atoms with van der Waals surface area (Å²) in [5.41, 5.74) is 0.916. The van der Waals surface area contributed by atoms with Crippen LogP contribution in [-0.2, 0) is 4.74 Å². The number of hydrogen-bond donors (Lipinski definition) is 0. The molecular weight excluding hydrogens is 376 g/mol. The molecule has 1 saturated carbocycles. The summed E-state index contributed by atoms with van der Waals surface area (Å²) < 4.78 is 7.20. The largest absolute Gasteiger partial charge is 0.443 e. The first-order chi connectivity index (χ1) is 13.3. The molecule has 0 saturated heterocycles. The van der Waals surface area contributed by atoms with Crippen molar-refractivity contribution >= 4 is 35.2 Å². The molecule has 3 aromatic rings. The van der Waals surface area contributed by atoms with E-state index in [-0.39, 0.29) is 6.04 Å². The second kappa shape index (κ2) is 6.70. The van der Waals surface area contributed by atoms with E-state index in [9.17, 15) is 9.59 Å². The SMILES string of the molecule is Cc1ccc(-c2cc(N(C(=O)OC(C)(C)C)C3CC3)n3ncc(C=O)c3n2)s1. The Kier molecular flexibility index (Phi) is 4.45. The van der Waals surface area contributed by atoms with Crippen LogP contribution in [0.2, 0.25) is 0 Å². The zero-order valence-corrected chi connectivity index (χ0v) is 17.1. The molecule has 0 radical (unpaired) electrons. The highest BCUT2D eigenvalue weighted by molar-refractivity contribution is 7.15. The molecule has 3 heterocycles. The van der Waals surface area contributed by atoms with Gasteiger partial charge in [0.2, 0.25) is 0 Å². The number of aromatic nitrogens is 3. The predicted octanol–water partition coefficient (Wildman–Crippen LogP) is 4.48. The fourth-order valence-corrected chi connectivity index (χ4v) is 3.82. The molecule has 7 nitrogen and oxygen atoms in total. The van der Waals surface area contributed by atoms with Crippen molar-refractivity contribution in [1.29, 1.82) is 0 Å². The van der Waals surface area contributed by atoms with Gasteiger partial charge in [0.15, 0.2) is 11.9 Å². The van der Waals surface area contributed by atoms with Crippen LogP contribution in [0.3, 0.4) is 0 Å². The normalized spacial score (nSPS) is 14.3. The van der Waals surface area contributed by atoms with E-state index in [1.54, 1.807) is 20.8 Å². The summed E-state index contributed by atoms with van der Waals surface area (Å²) in [5, 5.41) is 4.32. The number of fused-ring (bicyclic) bond motifs is 1. The molecule has 28 heavy (non-hydrogen) atoms. The highest BCUT2D eigenvalue weighted by Crippen LogP contribution is 2.36. The van der Waals surface area contributed by atoms with Crippen LogP contribution < -0.4 is 4.90 Å². The van der Waals surface area contributed by atoms with Crippen molar-refractivity contribution in [2.45, 2.75) is 52.2 Å². The maximum absolute atomic E-state index is 13.0. The molecule has 8 heteroatoms. The van der Waals surface area contributed by atoms with Gasteiger partial charge in [0.25, 0.3) is 0 Å². The van der Waals surface area contributed by atoms with Crippen molar-refractivity contribution in [3.8, 4) is 10.6 Å². The third-order valence-electron chi connectivity index (χ3n) is 4.35. The van der Waals surface area contributed by atoms with Crippen LogP contribution >= 0.6 is 11.3 Å². The average molecular weight is 398 g/mol. The third kappa shape index (κ3) is 3.52. The highest BCUT2D eigenvalue weighted by Gasteiger charge is 2.38. The van der Waals surface area contributed by atoms with Crippen LogP contribution in [0.1, 0.15) is 48.8 Å². The topological polar surface area (TPSA) is 76.8 Å². The maximum atomic E-state index is 13.0. The number of anilines is 1. The average Bonchev–Trinajstić information content (AvgIpc) is 3.19. The monoisotopic (exact) mass is 398 g/mol. The van der Waals surface area contributed by atoms with Gasteiger partial charge in [-0.25, -0.2) is 9.78 Å². The molecule has 0 unspecified atom stereocenters. The minimum atomic E-state index is -0.609. The second-order valence-corrected chi connectivity index (χ2v) is 9.23. The number of carbonyl (C=O) groups excluding carboxylic acids is 2. The summed E-state index contributed by atoms with van der Waals surface area (Å²) in [4.78, 5) is 32.9. The molecule has 0 spiro atoms. The number of nitrogens with zero attached hydrogens (tertiary/aromatic N) is 4. The molecule has 0 aromatic carbocycles. The Morgan fingerprint density at radius 2 is 2.11 bits per heavy atom. The van der Waals surface area contributed by atoms with E-state index in [0.717, 1.165) is 28.9 Å². The Morgan fingerprint density at radius 1 is 1.36 bits per heavy atom. The van der Waals surface area contributed by atoms with Gasteiger partial charge in [-0.1, -0.05) is 0 Å². The lowest BCUT2D eigenvalue weighted by atomic mass is 10.2. The molecule has 3 aromatic heterocycles. The number of aryl methyl sites for hydroxylation is 1. The van der Waals surface area contributed by atoms with Crippen molar-refractivity contribution in [1.82, 2.24) is 14.6 Å². The molecule has 1 fully saturated rings. The first-order valence-corrected chi connectivity index (χ1v) is 10.0. The summed E-state index contributed by atoms with van der Waals surface area (Å²) >= 11 is 1.61. The van der Waals surface area contributed by atoms with Crippen molar-refractivity contribution in [3.63, 3.8) is 0 Å². The Balaban J connectivity index is 1.89. The molecule has 0 N–H and O–H groups in total. The molecule has 1 amide bonds. The summed E-state index contributed by atoms with van der Waals surface area (Å²) in [7, 11) is 0. The third-order valence-corrected chi connectivity index (χ3v) is 5.37. The number of hydrogen-bond acceptors (Lipinski definition) is 6. The van der Waals surface area contributed by atoms with Gasteiger partial charge in [-0.2, -0.15) is 9.61 Å². The number of rotatable bonds is 4. The van der Waals surface area contributed by atoms with Crippen LogP contribution in [0.25, 0.3) is 16.2 Å². The van der Waals surface area contributed by atoms with E-state index in [1.165, 1.54) is 6.20 Å². The Morgan fingerprint density at radius 3 is 2.68 bits per heavy atom. The van der Waals surface area contributed by atoms with Gasteiger partial charge in [-0.15, -0.1) is 11.3 Å². The lowest BCUT2D eigenvalue weighted by Gasteiger charge is -2.27. The van der Waals surface area contributed by atoms with Gasteiger partial charge < -0.3 is 4.74 Å². The minimum absolute atomic E-state index is 0.0576. The first kappa shape index (κ1) is 18.6. The fraction of sp³-hybridized carbons (Fsp3) is 0.400. The number of carbonyl (C=O) groups is 2. The first-order valence-electron chi connectivity index (χ1n) is 9.20. The number of ether oxygens (including phenoxy) is 1. The van der Waals surface area contributed by atoms with Crippen LogP contribution in [-0.4, -0.2) is 38.6 Å². The lowest BCUT2D eigenvalue weighted by Crippen LogP contribution is -2.39. The van der Waals surface area contributed by atoms with E-state index in [4.69, 9.17) is 4.74 Å². The maximum Gasteiger partial charge on any atom is 0.416 e. The number of thiophene rings is 1. The summed E-state index contributed by atoms with van der Waals surface area (Å²) in [6, 6.07) is 5.92. The zero-order valence-electron chi connectivity index (χ0n) is 16.3. The standard InChI is InChI=1S/C20H22N4O3S/c1-12-5-8-16(28-12)15-9-17(24-18(22-15)13(11-25)10-21-24)23(14-6-7-14)19(26)27-20(2,3)4/h5,8-11,14H,6-7H2,1-4H3. The highest BCUT2D eigenvalue weighted by atomic mass is 32.1.